The molecule has 23 heavy (non-hydrogen) atoms. The molecule has 3 rings (SSSR count). The first-order chi connectivity index (χ1) is 11.2. The fourth-order valence-corrected chi connectivity index (χ4v) is 3.52. The quantitative estimate of drug-likeness (QED) is 0.875. The van der Waals surface area contributed by atoms with Crippen LogP contribution < -0.4 is 10.1 Å². The molecule has 3 heterocycles. The fraction of sp³-hybridized carbons (Fsp3) is 0.438. The molecule has 0 saturated carbocycles. The van der Waals surface area contributed by atoms with Crippen molar-refractivity contribution in [1.82, 2.24) is 19.9 Å². The van der Waals surface area contributed by atoms with E-state index >= 15 is 0 Å². The second-order valence-electron chi connectivity index (χ2n) is 5.41. The number of nitrogens with one attached hydrogen (secondary N) is 1. The van der Waals surface area contributed by atoms with Gasteiger partial charge in [0.25, 0.3) is 5.91 Å². The van der Waals surface area contributed by atoms with E-state index in [0.29, 0.717) is 24.5 Å². The lowest BCUT2D eigenvalue weighted by Crippen LogP contribution is -2.27. The van der Waals surface area contributed by atoms with Gasteiger partial charge in [0.15, 0.2) is 0 Å². The average Bonchev–Trinajstić information content (AvgIpc) is 3.20. The Morgan fingerprint density at radius 3 is 3.13 bits per heavy atom. The van der Waals surface area contributed by atoms with E-state index in [1.165, 1.54) is 0 Å². The molecule has 0 aliphatic carbocycles. The highest BCUT2D eigenvalue weighted by Crippen LogP contribution is 2.22. The molecule has 1 aliphatic heterocycles. The fourth-order valence-electron chi connectivity index (χ4n) is 2.42. The van der Waals surface area contributed by atoms with Gasteiger partial charge in [-0.2, -0.15) is 11.8 Å². The summed E-state index contributed by atoms with van der Waals surface area (Å²) in [5, 5.41) is 2.91. The minimum absolute atomic E-state index is 0.115. The van der Waals surface area contributed by atoms with Crippen LogP contribution in [0, 0.1) is 6.92 Å². The van der Waals surface area contributed by atoms with Crippen molar-refractivity contribution in [3.05, 3.63) is 42.1 Å². The first-order valence-corrected chi connectivity index (χ1v) is 8.84. The van der Waals surface area contributed by atoms with Crippen LogP contribution in [0.15, 0.2) is 30.7 Å². The molecule has 2 aromatic rings. The molecule has 1 atom stereocenters. The van der Waals surface area contributed by atoms with Gasteiger partial charge in [-0.25, -0.2) is 9.97 Å². The number of carbonyl (C=O) groups excluding carboxylic acids is 1. The van der Waals surface area contributed by atoms with Gasteiger partial charge in [0, 0.05) is 49.1 Å². The van der Waals surface area contributed by atoms with Gasteiger partial charge in [0.2, 0.25) is 5.88 Å². The molecule has 2 aromatic heterocycles. The Morgan fingerprint density at radius 1 is 1.48 bits per heavy atom. The summed E-state index contributed by atoms with van der Waals surface area (Å²) in [6, 6.07) is 3.41. The molecule has 1 unspecified atom stereocenters. The third-order valence-electron chi connectivity index (χ3n) is 3.73. The zero-order valence-electron chi connectivity index (χ0n) is 13.1. The maximum absolute atomic E-state index is 12.2. The van der Waals surface area contributed by atoms with E-state index in [1.807, 2.05) is 29.4 Å². The summed E-state index contributed by atoms with van der Waals surface area (Å²) in [6.45, 7) is 3.19. The highest BCUT2D eigenvalue weighted by atomic mass is 32.2. The molecule has 0 radical (unpaired) electrons. The summed E-state index contributed by atoms with van der Waals surface area (Å²) in [5.74, 6) is 3.46. The van der Waals surface area contributed by atoms with Gasteiger partial charge in [0.05, 0.1) is 0 Å². The number of nitrogens with zero attached hydrogens (tertiary/aromatic N) is 3. The molecular formula is C16H20N4O2S. The van der Waals surface area contributed by atoms with E-state index in [0.717, 1.165) is 23.8 Å². The normalized spacial score (nSPS) is 17.2. The molecule has 0 aromatic carbocycles. The Labute approximate surface area is 139 Å². The minimum Gasteiger partial charge on any atom is -0.473 e. The van der Waals surface area contributed by atoms with Gasteiger partial charge in [-0.05, 0) is 25.2 Å². The maximum Gasteiger partial charge on any atom is 0.251 e. The summed E-state index contributed by atoms with van der Waals surface area (Å²) in [7, 11) is 0. The van der Waals surface area contributed by atoms with Gasteiger partial charge in [-0.15, -0.1) is 0 Å². The van der Waals surface area contributed by atoms with Crippen LogP contribution >= 0.6 is 11.8 Å². The van der Waals surface area contributed by atoms with E-state index in [4.69, 9.17) is 4.74 Å². The lowest BCUT2D eigenvalue weighted by Gasteiger charge is -2.12. The van der Waals surface area contributed by atoms with E-state index in [9.17, 15) is 4.79 Å². The van der Waals surface area contributed by atoms with E-state index in [-0.39, 0.29) is 12.0 Å². The molecule has 122 valence electrons. The van der Waals surface area contributed by atoms with Gasteiger partial charge in [-0.1, -0.05) is 0 Å². The summed E-state index contributed by atoms with van der Waals surface area (Å²) in [4.78, 5) is 20.6. The van der Waals surface area contributed by atoms with Crippen molar-refractivity contribution in [2.45, 2.75) is 26.0 Å². The van der Waals surface area contributed by atoms with Crippen molar-refractivity contribution in [2.24, 2.45) is 0 Å². The van der Waals surface area contributed by atoms with Crippen LogP contribution in [0.3, 0.4) is 0 Å². The second kappa shape index (κ2) is 7.50. The van der Waals surface area contributed by atoms with Crippen LogP contribution in [0.4, 0.5) is 0 Å². The zero-order valence-corrected chi connectivity index (χ0v) is 13.9. The Bertz CT molecular complexity index is 668. The zero-order chi connectivity index (χ0) is 16.1. The highest BCUT2D eigenvalue weighted by Gasteiger charge is 2.18. The van der Waals surface area contributed by atoms with Crippen LogP contribution in [-0.4, -0.2) is 44.6 Å². The summed E-state index contributed by atoms with van der Waals surface area (Å²) < 4.78 is 7.82. The molecule has 6 nitrogen and oxygen atoms in total. The minimum atomic E-state index is -0.115. The van der Waals surface area contributed by atoms with Crippen LogP contribution in [0.2, 0.25) is 0 Å². The van der Waals surface area contributed by atoms with Crippen molar-refractivity contribution in [3.8, 4) is 5.88 Å². The topological polar surface area (TPSA) is 69.0 Å². The Kier molecular flexibility index (Phi) is 5.17. The van der Waals surface area contributed by atoms with E-state index < -0.39 is 0 Å². The van der Waals surface area contributed by atoms with Gasteiger partial charge in [0.1, 0.15) is 11.9 Å². The molecule has 1 fully saturated rings. The number of imidazole rings is 1. The third-order valence-corrected chi connectivity index (χ3v) is 4.87. The largest absolute Gasteiger partial charge is 0.473 e. The number of hydrogen-bond donors (Lipinski definition) is 1. The Hall–Kier alpha value is -2.02. The predicted molar refractivity (Wildman–Crippen MR) is 89.9 cm³/mol. The molecule has 0 spiro atoms. The number of ether oxygens (including phenoxy) is 1. The summed E-state index contributed by atoms with van der Waals surface area (Å²) >= 11 is 1.88. The van der Waals surface area contributed by atoms with E-state index in [2.05, 4.69) is 15.3 Å². The molecule has 7 heteroatoms. The van der Waals surface area contributed by atoms with Crippen molar-refractivity contribution >= 4 is 17.7 Å². The molecule has 0 bridgehead atoms. The molecular weight excluding hydrogens is 312 g/mol. The van der Waals surface area contributed by atoms with Gasteiger partial charge >= 0.3 is 0 Å². The van der Waals surface area contributed by atoms with Gasteiger partial charge in [-0.3, -0.25) is 4.79 Å². The van der Waals surface area contributed by atoms with Crippen LogP contribution in [0.1, 0.15) is 22.6 Å². The summed E-state index contributed by atoms with van der Waals surface area (Å²) in [6.07, 6.45) is 6.51. The van der Waals surface area contributed by atoms with Crippen molar-refractivity contribution in [1.29, 1.82) is 0 Å². The first-order valence-electron chi connectivity index (χ1n) is 7.69. The third kappa shape index (κ3) is 4.25. The van der Waals surface area contributed by atoms with E-state index in [1.54, 1.807) is 24.5 Å². The highest BCUT2D eigenvalue weighted by molar-refractivity contribution is 7.99. The van der Waals surface area contributed by atoms with Crippen molar-refractivity contribution in [2.75, 3.05) is 18.1 Å². The number of rotatable bonds is 6. The SMILES string of the molecule is Cc1nccn1CCNC(=O)c1ccnc(OC2CCSC2)c1. The molecule has 1 aliphatic rings. The Morgan fingerprint density at radius 2 is 2.39 bits per heavy atom. The number of thioether (sulfide) groups is 1. The van der Waals surface area contributed by atoms with Crippen molar-refractivity contribution < 1.29 is 9.53 Å². The smallest absolute Gasteiger partial charge is 0.251 e. The van der Waals surface area contributed by atoms with Crippen LogP contribution in [-0.2, 0) is 6.54 Å². The maximum atomic E-state index is 12.2. The Balaban J connectivity index is 1.53. The molecule has 1 saturated heterocycles. The second-order valence-corrected chi connectivity index (χ2v) is 6.56. The predicted octanol–water partition coefficient (Wildman–Crippen LogP) is 1.90. The standard InChI is InChI=1S/C16H20N4O2S/c1-12-17-5-7-20(12)8-6-19-16(21)13-2-4-18-15(10-13)22-14-3-9-23-11-14/h2,4-5,7,10,14H,3,6,8-9,11H2,1H3,(H,19,21). The molecule has 1 amide bonds. The van der Waals surface area contributed by atoms with Gasteiger partial charge < -0.3 is 14.6 Å². The number of hydrogen-bond acceptors (Lipinski definition) is 5. The number of amides is 1. The number of carbonyl (C=O) groups is 1. The summed E-state index contributed by atoms with van der Waals surface area (Å²) in [5.41, 5.74) is 0.572. The number of aryl methyl sites for hydroxylation is 1. The van der Waals surface area contributed by atoms with Crippen molar-refractivity contribution in [3.63, 3.8) is 0 Å². The lowest BCUT2D eigenvalue weighted by atomic mass is 10.2. The van der Waals surface area contributed by atoms with Crippen LogP contribution in [0.5, 0.6) is 5.88 Å². The molecule has 1 N–H and O–H groups in total. The lowest BCUT2D eigenvalue weighted by molar-refractivity contribution is 0.0951. The average molecular weight is 332 g/mol. The van der Waals surface area contributed by atoms with Crippen LogP contribution in [0.25, 0.3) is 0 Å². The first kappa shape index (κ1) is 15.9. The number of pyridine rings is 1. The number of aromatic nitrogens is 3. The monoisotopic (exact) mass is 332 g/mol.